The van der Waals surface area contributed by atoms with E-state index in [1.807, 2.05) is 32.9 Å². The molecule has 0 radical (unpaired) electrons. The minimum atomic E-state index is -2.07. The van der Waals surface area contributed by atoms with Crippen molar-refractivity contribution in [2.45, 2.75) is 102 Å². The van der Waals surface area contributed by atoms with Crippen LogP contribution in [-0.4, -0.2) is 60.2 Å². The molecule has 1 aromatic carbocycles. The number of hydrogen-bond donors (Lipinski definition) is 3. The summed E-state index contributed by atoms with van der Waals surface area (Å²) in [5, 5.41) is 12.9. The van der Waals surface area contributed by atoms with E-state index < -0.39 is 56.4 Å². The molecule has 230 valence electrons. The van der Waals surface area contributed by atoms with Crippen LogP contribution in [0.15, 0.2) is 47.0 Å². The molecule has 9 nitrogen and oxygen atoms in total. The molecule has 2 amide bonds. The maximum atomic E-state index is 15.3. The zero-order valence-electron chi connectivity index (χ0n) is 25.3. The summed E-state index contributed by atoms with van der Waals surface area (Å²) >= 11 is 0. The van der Waals surface area contributed by atoms with Gasteiger partial charge in [0.1, 0.15) is 23.0 Å². The maximum absolute atomic E-state index is 15.3. The van der Waals surface area contributed by atoms with Crippen molar-refractivity contribution in [2.75, 3.05) is 11.9 Å². The number of aliphatic hydroxyl groups is 1. The third kappa shape index (κ3) is 7.66. The molecular formula is C31H43FN4O5S. The van der Waals surface area contributed by atoms with Crippen LogP contribution in [0.2, 0.25) is 0 Å². The van der Waals surface area contributed by atoms with Crippen LogP contribution in [0.5, 0.6) is 0 Å². The van der Waals surface area contributed by atoms with Crippen molar-refractivity contribution in [3.63, 3.8) is 0 Å². The van der Waals surface area contributed by atoms with Gasteiger partial charge in [-0.25, -0.2) is 13.5 Å². The number of anilines is 1. The van der Waals surface area contributed by atoms with Gasteiger partial charge >= 0.3 is 6.09 Å². The normalized spacial score (nSPS) is 21.6. The second-order valence-electron chi connectivity index (χ2n) is 13.3. The Morgan fingerprint density at radius 2 is 1.88 bits per heavy atom. The second-order valence-corrected chi connectivity index (χ2v) is 15.4. The van der Waals surface area contributed by atoms with Gasteiger partial charge in [0.25, 0.3) is 0 Å². The molecule has 1 aliphatic carbocycles. The van der Waals surface area contributed by atoms with E-state index in [0.717, 1.165) is 19.3 Å². The van der Waals surface area contributed by atoms with Gasteiger partial charge in [-0.3, -0.25) is 18.9 Å². The highest BCUT2D eigenvalue weighted by Gasteiger charge is 2.42. The Morgan fingerprint density at radius 3 is 2.48 bits per heavy atom. The largest absolute Gasteiger partial charge is 0.444 e. The molecule has 0 bridgehead atoms. The lowest BCUT2D eigenvalue weighted by Gasteiger charge is -2.32. The maximum Gasteiger partial charge on any atom is 0.411 e. The summed E-state index contributed by atoms with van der Waals surface area (Å²) in [5.74, 6) is -0.776. The van der Waals surface area contributed by atoms with Gasteiger partial charge in [0.05, 0.1) is 24.0 Å². The van der Waals surface area contributed by atoms with Crippen molar-refractivity contribution in [3.8, 4) is 0 Å². The molecule has 2 N–H and O–H groups in total. The van der Waals surface area contributed by atoms with Crippen LogP contribution in [-0.2, 0) is 25.7 Å². The number of thiol groups is 1. The first-order chi connectivity index (χ1) is 19.6. The molecule has 2 aliphatic rings. The number of ether oxygens (including phenoxy) is 1. The molecule has 4 atom stereocenters. The Bertz CT molecular complexity index is 1380. The highest BCUT2D eigenvalue weighted by molar-refractivity contribution is 7.76. The zero-order valence-corrected chi connectivity index (χ0v) is 26.2. The average Bonchev–Trinajstić information content (AvgIpc) is 3.65. The Balaban J connectivity index is 1.74. The number of carbonyl (C=O) groups excluding carboxylic acids is 2. The van der Waals surface area contributed by atoms with Crippen molar-refractivity contribution < 1.29 is 28.0 Å². The molecule has 2 heterocycles. The number of β-amino-alcohol motifs (C(OH)–C–C–N with tert-alkyl or cyclic N) is 1. The molecule has 2 unspecified atom stereocenters. The first kappa shape index (κ1) is 31.9. The number of nitrogens with one attached hydrogen (secondary N) is 1. The van der Waals surface area contributed by atoms with Gasteiger partial charge in [-0.1, -0.05) is 25.0 Å². The van der Waals surface area contributed by atoms with Gasteiger partial charge in [-0.2, -0.15) is 0 Å². The first-order valence-corrected chi connectivity index (χ1v) is 15.7. The van der Waals surface area contributed by atoms with Crippen molar-refractivity contribution >= 4 is 28.3 Å². The molecular weight excluding hydrogens is 559 g/mol. The number of hydrogen-bond acceptors (Lipinski definition) is 7. The molecule has 1 saturated carbocycles. The number of benzene rings is 1. The highest BCUT2D eigenvalue weighted by Crippen LogP contribution is 2.44. The molecule has 1 aliphatic heterocycles. The molecule has 2 fully saturated rings. The SMILES string of the molecule is CC(C)(C)OC(=O)N1C[C@H](O)C[C@@H]1C(=O)Nc1cc(C(CCC2CC2)(/N=[SH](=O)/C(C)(C)C)c2ccccn2)ccc1F. The minimum absolute atomic E-state index is 0.00691. The zero-order chi connectivity index (χ0) is 30.9. The van der Waals surface area contributed by atoms with E-state index in [2.05, 4.69) is 10.3 Å². The number of amides is 2. The summed E-state index contributed by atoms with van der Waals surface area (Å²) in [7, 11) is -2.07. The molecule has 1 saturated heterocycles. The fraction of sp³-hybridized carbons (Fsp3) is 0.581. The van der Waals surface area contributed by atoms with Gasteiger partial charge in [0, 0.05) is 28.0 Å². The number of aliphatic hydroxyl groups excluding tert-OH is 1. The van der Waals surface area contributed by atoms with E-state index in [1.54, 1.807) is 39.1 Å². The molecule has 1 aromatic heterocycles. The van der Waals surface area contributed by atoms with Crippen molar-refractivity contribution in [3.05, 3.63) is 59.7 Å². The quantitative estimate of drug-likeness (QED) is 0.347. The van der Waals surface area contributed by atoms with Crippen LogP contribution < -0.4 is 5.32 Å². The van der Waals surface area contributed by atoms with Crippen LogP contribution in [0, 0.1) is 11.7 Å². The first-order valence-electron chi connectivity index (χ1n) is 14.5. The fourth-order valence-electron chi connectivity index (χ4n) is 4.99. The number of pyridine rings is 1. The van der Waals surface area contributed by atoms with Gasteiger partial charge in [-0.05, 0) is 90.1 Å². The number of carbonyl (C=O) groups is 2. The highest BCUT2D eigenvalue weighted by atomic mass is 32.2. The minimum Gasteiger partial charge on any atom is -0.444 e. The third-order valence-corrected chi connectivity index (χ3v) is 9.12. The van der Waals surface area contributed by atoms with Gasteiger partial charge in [-0.15, -0.1) is 0 Å². The van der Waals surface area contributed by atoms with Crippen LogP contribution in [0.1, 0.15) is 84.9 Å². The van der Waals surface area contributed by atoms with E-state index in [-0.39, 0.29) is 18.7 Å². The van der Waals surface area contributed by atoms with Crippen LogP contribution in [0.3, 0.4) is 0 Å². The van der Waals surface area contributed by atoms with E-state index in [1.165, 1.54) is 17.0 Å². The van der Waals surface area contributed by atoms with Gasteiger partial charge < -0.3 is 15.2 Å². The number of rotatable bonds is 8. The average molecular weight is 603 g/mol. The predicted molar refractivity (Wildman–Crippen MR) is 161 cm³/mol. The Kier molecular flexibility index (Phi) is 9.32. The van der Waals surface area contributed by atoms with E-state index >= 15 is 4.39 Å². The van der Waals surface area contributed by atoms with Crippen molar-refractivity contribution in [1.29, 1.82) is 0 Å². The Morgan fingerprint density at radius 1 is 1.17 bits per heavy atom. The Labute approximate surface area is 249 Å². The topological polar surface area (TPSA) is 121 Å². The monoisotopic (exact) mass is 602 g/mol. The summed E-state index contributed by atoms with van der Waals surface area (Å²) in [6, 6.07) is 8.81. The summed E-state index contributed by atoms with van der Waals surface area (Å²) in [6.07, 6.45) is 3.59. The summed E-state index contributed by atoms with van der Waals surface area (Å²) < 4.78 is 38.6. The lowest BCUT2D eigenvalue weighted by atomic mass is 9.82. The molecule has 2 aromatic rings. The van der Waals surface area contributed by atoms with Gasteiger partial charge in [0.2, 0.25) is 5.91 Å². The number of halogens is 1. The molecule has 11 heteroatoms. The van der Waals surface area contributed by atoms with E-state index in [9.17, 15) is 18.9 Å². The molecule has 4 rings (SSSR count). The van der Waals surface area contributed by atoms with Gasteiger partial charge in [0.15, 0.2) is 0 Å². The Hall–Kier alpha value is -3.05. The smallest absolute Gasteiger partial charge is 0.411 e. The third-order valence-electron chi connectivity index (χ3n) is 7.45. The standard InChI is InChI=1S/C31H43FN4O5S/c1-29(2,3)41-28(39)36-19-22(37)18-25(36)27(38)34-24-17-21(12-13-23(24)32)31(15-14-20-10-11-20,26-9-7-8-16-33-26)35-42(40)30(4,5)6/h7-9,12-13,16-17,20,22,25,37,42H,10-11,14-15,18-19H2,1-6H3,(H,34,38)/t22-,25-,31?/m1/s1. The summed E-state index contributed by atoms with van der Waals surface area (Å²) in [4.78, 5) is 32.0. The van der Waals surface area contributed by atoms with Crippen molar-refractivity contribution in [1.82, 2.24) is 9.88 Å². The summed E-state index contributed by atoms with van der Waals surface area (Å²) in [5.41, 5.74) is -0.877. The molecule has 0 spiro atoms. The lowest BCUT2D eigenvalue weighted by Crippen LogP contribution is -2.45. The number of nitrogens with zero attached hydrogens (tertiary/aromatic N) is 3. The number of aromatic nitrogens is 1. The van der Waals surface area contributed by atoms with Crippen LogP contribution in [0.4, 0.5) is 14.9 Å². The predicted octanol–water partition coefficient (Wildman–Crippen LogP) is 5.43. The van der Waals surface area contributed by atoms with Crippen molar-refractivity contribution in [2.24, 2.45) is 10.3 Å². The molecule has 42 heavy (non-hydrogen) atoms. The van der Waals surface area contributed by atoms with E-state index in [4.69, 9.17) is 9.10 Å². The lowest BCUT2D eigenvalue weighted by molar-refractivity contribution is -0.120. The van der Waals surface area contributed by atoms with Crippen LogP contribution >= 0.6 is 0 Å². The fourth-order valence-corrected chi connectivity index (χ4v) is 5.92. The second kappa shape index (κ2) is 12.3. The summed E-state index contributed by atoms with van der Waals surface area (Å²) in [6.45, 7) is 10.7. The number of likely N-dealkylation sites (tertiary alicyclic amines) is 1. The van der Waals surface area contributed by atoms with Crippen LogP contribution in [0.25, 0.3) is 0 Å². The van der Waals surface area contributed by atoms with E-state index in [0.29, 0.717) is 23.6 Å².